The molecule has 6 heteroatoms. The fourth-order valence-corrected chi connectivity index (χ4v) is 3.51. The Morgan fingerprint density at radius 1 is 1.14 bits per heavy atom. The zero-order valence-electron chi connectivity index (χ0n) is 11.4. The van der Waals surface area contributed by atoms with E-state index < -0.39 is 10.0 Å². The van der Waals surface area contributed by atoms with Crippen LogP contribution in [0, 0.1) is 0 Å². The first-order valence-electron chi connectivity index (χ1n) is 6.57. The number of sulfonamides is 1. The molecule has 1 unspecified atom stereocenters. The number of nitrogens with zero attached hydrogens (tertiary/aromatic N) is 1. The van der Waals surface area contributed by atoms with Gasteiger partial charge in [-0.2, -0.15) is 5.10 Å². The third kappa shape index (κ3) is 2.68. The topological polar surface area (TPSA) is 74.8 Å². The monoisotopic (exact) mass is 301 g/mol. The van der Waals surface area contributed by atoms with Crippen LogP contribution in [0.4, 0.5) is 0 Å². The Morgan fingerprint density at radius 2 is 1.90 bits per heavy atom. The van der Waals surface area contributed by atoms with Gasteiger partial charge < -0.3 is 0 Å². The highest BCUT2D eigenvalue weighted by atomic mass is 32.2. The van der Waals surface area contributed by atoms with E-state index in [1.165, 1.54) is 12.4 Å². The van der Waals surface area contributed by atoms with Gasteiger partial charge in [0.05, 0.1) is 6.20 Å². The second-order valence-corrected chi connectivity index (χ2v) is 6.56. The summed E-state index contributed by atoms with van der Waals surface area (Å²) in [6, 6.07) is 13.5. The van der Waals surface area contributed by atoms with Crippen molar-refractivity contribution in [3.05, 3.63) is 60.4 Å². The molecule has 3 aromatic rings. The van der Waals surface area contributed by atoms with Gasteiger partial charge in [-0.3, -0.25) is 5.10 Å². The zero-order chi connectivity index (χ0) is 14.9. The quantitative estimate of drug-likeness (QED) is 0.778. The summed E-state index contributed by atoms with van der Waals surface area (Å²) in [5, 5.41) is 8.31. The van der Waals surface area contributed by atoms with Crippen LogP contribution in [0.1, 0.15) is 18.5 Å². The number of hydrogen-bond acceptors (Lipinski definition) is 3. The van der Waals surface area contributed by atoms with Crippen molar-refractivity contribution in [1.29, 1.82) is 0 Å². The second kappa shape index (κ2) is 5.31. The van der Waals surface area contributed by atoms with Crippen LogP contribution in [0.3, 0.4) is 0 Å². The molecule has 1 aromatic heterocycles. The molecule has 1 atom stereocenters. The van der Waals surface area contributed by atoms with E-state index in [0.29, 0.717) is 0 Å². The normalized spacial score (nSPS) is 13.4. The first-order chi connectivity index (χ1) is 10.1. The van der Waals surface area contributed by atoms with Crippen LogP contribution in [0.25, 0.3) is 10.8 Å². The van der Waals surface area contributed by atoms with Gasteiger partial charge >= 0.3 is 0 Å². The van der Waals surface area contributed by atoms with Crippen molar-refractivity contribution < 1.29 is 8.42 Å². The third-order valence-electron chi connectivity index (χ3n) is 3.41. The molecular formula is C15H15N3O2S. The molecule has 0 fully saturated rings. The lowest BCUT2D eigenvalue weighted by Crippen LogP contribution is -2.26. The van der Waals surface area contributed by atoms with E-state index in [2.05, 4.69) is 14.9 Å². The van der Waals surface area contributed by atoms with Gasteiger partial charge in [-0.05, 0) is 23.3 Å². The fraction of sp³-hybridized carbons (Fsp3) is 0.133. The van der Waals surface area contributed by atoms with Gasteiger partial charge in [0.2, 0.25) is 10.0 Å². The average Bonchev–Trinajstić information content (AvgIpc) is 3.01. The second-order valence-electron chi connectivity index (χ2n) is 4.85. The maximum atomic E-state index is 12.2. The van der Waals surface area contributed by atoms with E-state index in [-0.39, 0.29) is 10.9 Å². The third-order valence-corrected chi connectivity index (χ3v) is 4.91. The highest BCUT2D eigenvalue weighted by Crippen LogP contribution is 2.25. The van der Waals surface area contributed by atoms with Gasteiger partial charge in [0, 0.05) is 12.2 Å². The number of nitrogens with one attached hydrogen (secondary N) is 2. The van der Waals surface area contributed by atoms with Crippen molar-refractivity contribution >= 4 is 20.8 Å². The Kier molecular flexibility index (Phi) is 3.48. The molecule has 0 aliphatic rings. The minimum absolute atomic E-state index is 0.134. The molecule has 0 spiro atoms. The van der Waals surface area contributed by atoms with Crippen molar-refractivity contribution in [3.63, 3.8) is 0 Å². The van der Waals surface area contributed by atoms with E-state index in [0.717, 1.165) is 16.3 Å². The molecule has 0 radical (unpaired) electrons. The summed E-state index contributed by atoms with van der Waals surface area (Å²) in [4.78, 5) is 0.134. The summed E-state index contributed by atoms with van der Waals surface area (Å²) in [6.45, 7) is 1.83. The molecule has 108 valence electrons. The van der Waals surface area contributed by atoms with Crippen molar-refractivity contribution in [2.24, 2.45) is 0 Å². The molecule has 0 aliphatic carbocycles. The van der Waals surface area contributed by atoms with Crippen LogP contribution < -0.4 is 4.72 Å². The maximum absolute atomic E-state index is 12.2. The van der Waals surface area contributed by atoms with Gasteiger partial charge in [0.15, 0.2) is 0 Å². The largest absolute Gasteiger partial charge is 0.284 e. The molecule has 2 N–H and O–H groups in total. The molecule has 1 heterocycles. The smallest absolute Gasteiger partial charge is 0.244 e. The van der Waals surface area contributed by atoms with E-state index in [9.17, 15) is 8.42 Å². The molecule has 0 aliphatic heterocycles. The standard InChI is InChI=1S/C15H15N3O2S/c1-11(18-21(19,20)13-9-16-17-10-13)14-8-4-6-12-5-2-3-7-15(12)14/h2-11,18H,1H3,(H,16,17). The van der Waals surface area contributed by atoms with Gasteiger partial charge in [-0.15, -0.1) is 0 Å². The maximum Gasteiger partial charge on any atom is 0.244 e. The Hall–Kier alpha value is -2.18. The zero-order valence-corrected chi connectivity index (χ0v) is 12.3. The number of rotatable bonds is 4. The Morgan fingerprint density at radius 3 is 2.67 bits per heavy atom. The molecule has 0 bridgehead atoms. The van der Waals surface area contributed by atoms with Gasteiger partial charge in [0.25, 0.3) is 0 Å². The summed E-state index contributed by atoms with van der Waals surface area (Å²) < 4.78 is 27.2. The van der Waals surface area contributed by atoms with E-state index in [1.807, 2.05) is 49.4 Å². The average molecular weight is 301 g/mol. The molecular weight excluding hydrogens is 286 g/mol. The predicted octanol–water partition coefficient (Wildman–Crippen LogP) is 2.60. The Balaban J connectivity index is 1.97. The van der Waals surface area contributed by atoms with Gasteiger partial charge in [0.1, 0.15) is 4.90 Å². The lowest BCUT2D eigenvalue weighted by molar-refractivity contribution is 0.567. The summed E-state index contributed by atoms with van der Waals surface area (Å²) >= 11 is 0. The van der Waals surface area contributed by atoms with E-state index in [1.54, 1.807) is 0 Å². The fourth-order valence-electron chi connectivity index (χ4n) is 2.38. The summed E-state index contributed by atoms with van der Waals surface area (Å²) in [5.74, 6) is 0. The number of H-pyrrole nitrogens is 1. The Labute approximate surface area is 123 Å². The van der Waals surface area contributed by atoms with E-state index >= 15 is 0 Å². The lowest BCUT2D eigenvalue weighted by atomic mass is 10.0. The first-order valence-corrected chi connectivity index (χ1v) is 8.05. The van der Waals surface area contributed by atoms with Crippen LogP contribution in [-0.4, -0.2) is 18.6 Å². The number of benzene rings is 2. The van der Waals surface area contributed by atoms with Gasteiger partial charge in [-0.25, -0.2) is 13.1 Å². The summed E-state index contributed by atoms with van der Waals surface area (Å²) in [5.41, 5.74) is 0.945. The van der Waals surface area contributed by atoms with Crippen molar-refractivity contribution in [2.75, 3.05) is 0 Å². The van der Waals surface area contributed by atoms with Crippen molar-refractivity contribution in [3.8, 4) is 0 Å². The molecule has 0 saturated carbocycles. The van der Waals surface area contributed by atoms with Crippen LogP contribution in [-0.2, 0) is 10.0 Å². The van der Waals surface area contributed by atoms with Crippen molar-refractivity contribution in [2.45, 2.75) is 17.9 Å². The highest BCUT2D eigenvalue weighted by Gasteiger charge is 2.20. The number of aromatic amines is 1. The minimum atomic E-state index is -3.58. The summed E-state index contributed by atoms with van der Waals surface area (Å²) in [7, 11) is -3.58. The number of hydrogen-bond donors (Lipinski definition) is 2. The molecule has 5 nitrogen and oxygen atoms in total. The first kappa shape index (κ1) is 13.8. The molecule has 3 rings (SSSR count). The predicted molar refractivity (Wildman–Crippen MR) is 81.3 cm³/mol. The lowest BCUT2D eigenvalue weighted by Gasteiger charge is -2.16. The van der Waals surface area contributed by atoms with Crippen LogP contribution in [0.5, 0.6) is 0 Å². The van der Waals surface area contributed by atoms with Crippen LogP contribution >= 0.6 is 0 Å². The summed E-state index contributed by atoms with van der Waals surface area (Å²) in [6.07, 6.45) is 2.65. The molecule has 0 saturated heterocycles. The minimum Gasteiger partial charge on any atom is -0.284 e. The van der Waals surface area contributed by atoms with Gasteiger partial charge in [-0.1, -0.05) is 42.5 Å². The SMILES string of the molecule is CC(NS(=O)(=O)c1cn[nH]c1)c1cccc2ccccc12. The van der Waals surface area contributed by atoms with Crippen LogP contribution in [0.15, 0.2) is 59.8 Å². The highest BCUT2D eigenvalue weighted by molar-refractivity contribution is 7.89. The number of aromatic nitrogens is 2. The molecule has 0 amide bonds. The number of fused-ring (bicyclic) bond motifs is 1. The molecule has 2 aromatic carbocycles. The van der Waals surface area contributed by atoms with Crippen LogP contribution in [0.2, 0.25) is 0 Å². The molecule has 21 heavy (non-hydrogen) atoms. The Bertz CT molecular complexity index is 852. The van der Waals surface area contributed by atoms with E-state index in [4.69, 9.17) is 0 Å². The van der Waals surface area contributed by atoms with Crippen molar-refractivity contribution in [1.82, 2.24) is 14.9 Å².